The number of nitro benzene ring substituents is 1. The number of carbonyl (C=O) groups excluding carboxylic acids is 2. The van der Waals surface area contributed by atoms with E-state index < -0.39 is 16.7 Å². The third-order valence-electron chi connectivity index (χ3n) is 4.88. The first kappa shape index (κ1) is 20.8. The number of ether oxygens (including phenoxy) is 1. The lowest BCUT2D eigenvalue weighted by atomic mass is 10.0. The van der Waals surface area contributed by atoms with E-state index in [1.165, 1.54) is 24.3 Å². The van der Waals surface area contributed by atoms with Gasteiger partial charge in [0, 0.05) is 23.9 Å². The molecule has 0 saturated heterocycles. The first-order chi connectivity index (χ1) is 15.5. The molecule has 2 amide bonds. The number of hydrogen-bond donors (Lipinski definition) is 1. The van der Waals surface area contributed by atoms with Crippen molar-refractivity contribution in [1.29, 1.82) is 0 Å². The fraction of sp³-hybridized carbons (Fsp3) is 0.0833. The minimum Gasteiger partial charge on any atom is -0.494 e. The zero-order chi connectivity index (χ0) is 22.7. The predicted octanol–water partition coefficient (Wildman–Crippen LogP) is 4.39. The van der Waals surface area contributed by atoms with Crippen LogP contribution in [0.1, 0.15) is 12.5 Å². The third-order valence-corrected chi connectivity index (χ3v) is 4.88. The summed E-state index contributed by atoms with van der Waals surface area (Å²) < 4.78 is 5.51. The largest absolute Gasteiger partial charge is 0.494 e. The van der Waals surface area contributed by atoms with Gasteiger partial charge in [-0.05, 0) is 48.9 Å². The van der Waals surface area contributed by atoms with Crippen LogP contribution in [-0.4, -0.2) is 23.3 Å². The molecule has 0 radical (unpaired) electrons. The predicted molar refractivity (Wildman–Crippen MR) is 120 cm³/mol. The summed E-state index contributed by atoms with van der Waals surface area (Å²) in [6, 6.07) is 21.2. The molecule has 4 rings (SSSR count). The van der Waals surface area contributed by atoms with Gasteiger partial charge in [-0.15, -0.1) is 0 Å². The number of imide groups is 1. The smallest absolute Gasteiger partial charge is 0.282 e. The fourth-order valence-electron chi connectivity index (χ4n) is 3.45. The number of hydrogen-bond acceptors (Lipinski definition) is 6. The van der Waals surface area contributed by atoms with Gasteiger partial charge in [-0.1, -0.05) is 24.3 Å². The number of rotatable bonds is 7. The number of nitrogens with one attached hydrogen (secondary N) is 1. The molecular formula is C24H19N3O5. The Labute approximate surface area is 183 Å². The molecule has 0 fully saturated rings. The van der Waals surface area contributed by atoms with Crippen molar-refractivity contribution >= 4 is 34.4 Å². The molecule has 0 atom stereocenters. The van der Waals surface area contributed by atoms with E-state index in [1.54, 1.807) is 54.6 Å². The van der Waals surface area contributed by atoms with Gasteiger partial charge in [-0.25, -0.2) is 4.90 Å². The van der Waals surface area contributed by atoms with Gasteiger partial charge in [0.2, 0.25) is 0 Å². The molecule has 1 aliphatic heterocycles. The second kappa shape index (κ2) is 8.73. The van der Waals surface area contributed by atoms with E-state index in [1.807, 2.05) is 6.92 Å². The fourth-order valence-corrected chi connectivity index (χ4v) is 3.45. The summed E-state index contributed by atoms with van der Waals surface area (Å²) in [5.74, 6) is -0.415. The molecule has 3 aromatic rings. The Morgan fingerprint density at radius 1 is 0.938 bits per heavy atom. The molecule has 0 aliphatic carbocycles. The summed E-state index contributed by atoms with van der Waals surface area (Å²) in [5, 5.41) is 14.1. The molecule has 0 aromatic heterocycles. The van der Waals surface area contributed by atoms with Crippen molar-refractivity contribution in [2.45, 2.75) is 6.92 Å². The Kier molecular flexibility index (Phi) is 5.67. The van der Waals surface area contributed by atoms with Crippen molar-refractivity contribution < 1.29 is 19.2 Å². The number of amides is 2. The topological polar surface area (TPSA) is 102 Å². The van der Waals surface area contributed by atoms with E-state index in [2.05, 4.69) is 5.32 Å². The molecule has 0 unspecified atom stereocenters. The van der Waals surface area contributed by atoms with E-state index in [-0.39, 0.29) is 17.0 Å². The van der Waals surface area contributed by atoms with Crippen LogP contribution < -0.4 is 15.0 Å². The second-order valence-electron chi connectivity index (χ2n) is 6.92. The molecule has 160 valence electrons. The third kappa shape index (κ3) is 3.93. The summed E-state index contributed by atoms with van der Waals surface area (Å²) >= 11 is 0. The molecule has 1 aliphatic rings. The lowest BCUT2D eigenvalue weighted by Crippen LogP contribution is -2.32. The first-order valence-electron chi connectivity index (χ1n) is 9.92. The van der Waals surface area contributed by atoms with Crippen LogP contribution in [0.4, 0.5) is 17.1 Å². The zero-order valence-electron chi connectivity index (χ0n) is 17.1. The van der Waals surface area contributed by atoms with E-state index in [4.69, 9.17) is 4.74 Å². The number of non-ortho nitro benzene ring substituents is 1. The number of nitro groups is 1. The molecular weight excluding hydrogens is 410 g/mol. The molecule has 1 N–H and O–H groups in total. The van der Waals surface area contributed by atoms with Gasteiger partial charge in [0.05, 0.1) is 22.8 Å². The van der Waals surface area contributed by atoms with Crippen molar-refractivity contribution in [3.63, 3.8) is 0 Å². The van der Waals surface area contributed by atoms with Gasteiger partial charge in [0.15, 0.2) is 0 Å². The summed E-state index contributed by atoms with van der Waals surface area (Å²) in [4.78, 5) is 38.3. The highest BCUT2D eigenvalue weighted by atomic mass is 16.6. The maximum Gasteiger partial charge on any atom is 0.282 e. The van der Waals surface area contributed by atoms with E-state index >= 15 is 0 Å². The Morgan fingerprint density at radius 3 is 2.31 bits per heavy atom. The van der Waals surface area contributed by atoms with Crippen LogP contribution in [0.15, 0.2) is 84.6 Å². The average molecular weight is 429 g/mol. The highest BCUT2D eigenvalue weighted by Gasteiger charge is 2.40. The lowest BCUT2D eigenvalue weighted by Gasteiger charge is -2.15. The SMILES string of the molecule is CCOc1cccc(NC2=C(c3ccc([N+](=O)[O-])cc3)C(=O)N(c3ccccc3)C2=O)c1. The normalized spacial score (nSPS) is 13.5. The van der Waals surface area contributed by atoms with Gasteiger partial charge >= 0.3 is 0 Å². The number of para-hydroxylation sites is 1. The monoisotopic (exact) mass is 429 g/mol. The van der Waals surface area contributed by atoms with Gasteiger partial charge in [-0.3, -0.25) is 19.7 Å². The first-order valence-corrected chi connectivity index (χ1v) is 9.92. The van der Waals surface area contributed by atoms with Gasteiger partial charge in [-0.2, -0.15) is 0 Å². The minimum absolute atomic E-state index is 0.0846. The summed E-state index contributed by atoms with van der Waals surface area (Å²) in [6.45, 7) is 2.35. The van der Waals surface area contributed by atoms with E-state index in [9.17, 15) is 19.7 Å². The number of benzene rings is 3. The van der Waals surface area contributed by atoms with Crippen LogP contribution in [0.2, 0.25) is 0 Å². The van der Waals surface area contributed by atoms with Crippen molar-refractivity contribution in [1.82, 2.24) is 0 Å². The zero-order valence-corrected chi connectivity index (χ0v) is 17.1. The Balaban J connectivity index is 1.79. The molecule has 0 bridgehead atoms. The summed E-state index contributed by atoms with van der Waals surface area (Å²) in [6.07, 6.45) is 0. The standard InChI is InChI=1S/C24H19N3O5/c1-2-32-20-10-6-7-17(15-20)25-22-21(16-11-13-19(14-12-16)27(30)31)23(28)26(24(22)29)18-8-4-3-5-9-18/h3-15,25H,2H2,1H3. The van der Waals surface area contributed by atoms with Crippen LogP contribution in [0.3, 0.4) is 0 Å². The maximum absolute atomic E-state index is 13.4. The van der Waals surface area contributed by atoms with Crippen molar-refractivity contribution in [3.05, 3.63) is 100 Å². The molecule has 3 aromatic carbocycles. The van der Waals surface area contributed by atoms with Gasteiger partial charge < -0.3 is 10.1 Å². The van der Waals surface area contributed by atoms with Crippen molar-refractivity contribution in [2.24, 2.45) is 0 Å². The van der Waals surface area contributed by atoms with E-state index in [0.717, 1.165) is 4.90 Å². The summed E-state index contributed by atoms with van der Waals surface area (Å²) in [7, 11) is 0. The van der Waals surface area contributed by atoms with Crippen LogP contribution in [0.5, 0.6) is 5.75 Å². The highest BCUT2D eigenvalue weighted by molar-refractivity contribution is 6.46. The molecule has 8 nitrogen and oxygen atoms in total. The summed E-state index contributed by atoms with van der Waals surface area (Å²) in [5.41, 5.74) is 1.51. The van der Waals surface area contributed by atoms with Crippen LogP contribution in [0, 0.1) is 10.1 Å². The lowest BCUT2D eigenvalue weighted by molar-refractivity contribution is -0.384. The second-order valence-corrected chi connectivity index (χ2v) is 6.92. The van der Waals surface area contributed by atoms with E-state index in [0.29, 0.717) is 29.3 Å². The highest BCUT2D eigenvalue weighted by Crippen LogP contribution is 2.34. The maximum atomic E-state index is 13.4. The minimum atomic E-state index is -0.519. The average Bonchev–Trinajstić information content (AvgIpc) is 3.04. The molecule has 0 spiro atoms. The number of nitrogens with zero attached hydrogens (tertiary/aromatic N) is 2. The van der Waals surface area contributed by atoms with Crippen molar-refractivity contribution in [3.8, 4) is 5.75 Å². The van der Waals surface area contributed by atoms with Crippen LogP contribution >= 0.6 is 0 Å². The van der Waals surface area contributed by atoms with Crippen LogP contribution in [-0.2, 0) is 9.59 Å². The van der Waals surface area contributed by atoms with Crippen LogP contribution in [0.25, 0.3) is 5.57 Å². The molecule has 8 heteroatoms. The Hall–Kier alpha value is -4.46. The molecule has 32 heavy (non-hydrogen) atoms. The number of carbonyl (C=O) groups is 2. The number of anilines is 2. The Bertz CT molecular complexity index is 1220. The molecule has 1 heterocycles. The molecule has 0 saturated carbocycles. The van der Waals surface area contributed by atoms with Gasteiger partial charge in [0.25, 0.3) is 17.5 Å². The van der Waals surface area contributed by atoms with Gasteiger partial charge in [0.1, 0.15) is 11.4 Å². The quantitative estimate of drug-likeness (QED) is 0.340. The van der Waals surface area contributed by atoms with Crippen molar-refractivity contribution in [2.75, 3.05) is 16.8 Å². The Morgan fingerprint density at radius 2 is 1.66 bits per heavy atom.